The van der Waals surface area contributed by atoms with Gasteiger partial charge >= 0.3 is 0 Å². The van der Waals surface area contributed by atoms with Crippen molar-refractivity contribution in [2.24, 2.45) is 5.73 Å². The van der Waals surface area contributed by atoms with Crippen LogP contribution in [0.1, 0.15) is 11.1 Å². The summed E-state index contributed by atoms with van der Waals surface area (Å²) in [5.74, 6) is 0.923. The summed E-state index contributed by atoms with van der Waals surface area (Å²) in [5, 5.41) is 3.34. The Labute approximate surface area is 125 Å². The molecular formula is C17H22N2O2. The molecule has 0 radical (unpaired) electrons. The zero-order valence-electron chi connectivity index (χ0n) is 12.5. The molecule has 0 aromatic heterocycles. The highest BCUT2D eigenvalue weighted by Gasteiger charge is 1.94. The number of primary amides is 1. The molecule has 1 amide bonds. The van der Waals surface area contributed by atoms with Gasteiger partial charge in [-0.05, 0) is 43.7 Å². The van der Waals surface area contributed by atoms with E-state index in [1.807, 2.05) is 12.1 Å². The van der Waals surface area contributed by atoms with Crippen LogP contribution in [0.25, 0.3) is 0 Å². The molecule has 0 aliphatic carbocycles. The molecule has 0 spiro atoms. The van der Waals surface area contributed by atoms with Crippen LogP contribution in [0.15, 0.2) is 48.5 Å². The number of ether oxygens (including phenoxy) is 1. The lowest BCUT2D eigenvalue weighted by Crippen LogP contribution is -2.11. The molecule has 0 unspecified atom stereocenters. The minimum absolute atomic E-state index is 0.250. The average molecular weight is 286 g/mol. The third-order valence-corrected chi connectivity index (χ3v) is 2.74. The highest BCUT2D eigenvalue weighted by atomic mass is 16.5. The van der Waals surface area contributed by atoms with E-state index in [4.69, 9.17) is 9.53 Å². The number of carbonyl (C=O) groups excluding carboxylic acids is 1. The number of anilines is 1. The number of hydrogen-bond acceptors (Lipinski definition) is 3. The van der Waals surface area contributed by atoms with E-state index >= 15 is 0 Å². The first-order chi connectivity index (χ1) is 10.2. The summed E-state index contributed by atoms with van der Waals surface area (Å²) in [4.78, 5) is 8.58. The summed E-state index contributed by atoms with van der Waals surface area (Å²) < 4.78 is 5.65. The maximum absolute atomic E-state index is 8.58. The van der Waals surface area contributed by atoms with Gasteiger partial charge in [-0.25, -0.2) is 0 Å². The molecule has 0 saturated heterocycles. The van der Waals surface area contributed by atoms with Gasteiger partial charge in [0, 0.05) is 12.2 Å². The third kappa shape index (κ3) is 7.01. The Hall–Kier alpha value is -2.49. The summed E-state index contributed by atoms with van der Waals surface area (Å²) in [7, 11) is 0. The molecular weight excluding hydrogens is 264 g/mol. The lowest BCUT2D eigenvalue weighted by Gasteiger charge is -2.09. The second-order valence-electron chi connectivity index (χ2n) is 4.59. The number of aryl methyl sites for hydroxylation is 2. The fourth-order valence-electron chi connectivity index (χ4n) is 1.75. The number of carbonyl (C=O) groups is 1. The molecule has 21 heavy (non-hydrogen) atoms. The first kappa shape index (κ1) is 16.6. The van der Waals surface area contributed by atoms with Crippen LogP contribution in [0, 0.1) is 13.8 Å². The van der Waals surface area contributed by atoms with Gasteiger partial charge in [0.15, 0.2) is 0 Å². The zero-order chi connectivity index (χ0) is 15.5. The van der Waals surface area contributed by atoms with Crippen LogP contribution in [0.2, 0.25) is 0 Å². The fourth-order valence-corrected chi connectivity index (χ4v) is 1.75. The number of benzene rings is 2. The smallest absolute Gasteiger partial charge is 0.204 e. The molecule has 0 fully saturated rings. The molecule has 2 aromatic rings. The van der Waals surface area contributed by atoms with Crippen LogP contribution in [-0.2, 0) is 4.79 Å². The Morgan fingerprint density at radius 1 is 1.10 bits per heavy atom. The normalized spacial score (nSPS) is 9.24. The van der Waals surface area contributed by atoms with E-state index in [9.17, 15) is 0 Å². The molecule has 0 heterocycles. The molecule has 0 aliphatic rings. The van der Waals surface area contributed by atoms with Gasteiger partial charge in [-0.3, -0.25) is 4.79 Å². The van der Waals surface area contributed by atoms with Crippen LogP contribution in [0.5, 0.6) is 5.75 Å². The van der Waals surface area contributed by atoms with Gasteiger partial charge in [-0.1, -0.05) is 29.8 Å². The lowest BCUT2D eigenvalue weighted by molar-refractivity contribution is -0.106. The number of nitrogens with one attached hydrogen (secondary N) is 1. The average Bonchev–Trinajstić information content (AvgIpc) is 2.46. The highest BCUT2D eigenvalue weighted by Crippen LogP contribution is 2.12. The molecule has 0 saturated carbocycles. The first-order valence-corrected chi connectivity index (χ1v) is 6.81. The number of nitrogens with two attached hydrogens (primary N) is 1. The second-order valence-corrected chi connectivity index (χ2v) is 4.59. The van der Waals surface area contributed by atoms with E-state index in [2.05, 4.69) is 61.3 Å². The van der Waals surface area contributed by atoms with Crippen LogP contribution >= 0.6 is 0 Å². The Balaban J connectivity index is 0.000000677. The van der Waals surface area contributed by atoms with Gasteiger partial charge in [0.2, 0.25) is 6.41 Å². The Bertz CT molecular complexity index is 539. The van der Waals surface area contributed by atoms with Gasteiger partial charge in [-0.15, -0.1) is 0 Å². The molecule has 2 rings (SSSR count). The van der Waals surface area contributed by atoms with E-state index in [-0.39, 0.29) is 6.41 Å². The van der Waals surface area contributed by atoms with Crippen molar-refractivity contribution in [1.29, 1.82) is 0 Å². The summed E-state index contributed by atoms with van der Waals surface area (Å²) in [6.45, 7) is 5.63. The maximum atomic E-state index is 8.58. The van der Waals surface area contributed by atoms with Crippen LogP contribution < -0.4 is 15.8 Å². The van der Waals surface area contributed by atoms with Gasteiger partial charge in [0.1, 0.15) is 12.4 Å². The summed E-state index contributed by atoms with van der Waals surface area (Å²) in [6, 6.07) is 16.5. The van der Waals surface area contributed by atoms with Crippen LogP contribution in [0.3, 0.4) is 0 Å². The summed E-state index contributed by atoms with van der Waals surface area (Å²) >= 11 is 0. The number of hydrogen-bond donors (Lipinski definition) is 2. The fraction of sp³-hybridized carbons (Fsp3) is 0.235. The molecule has 4 heteroatoms. The number of rotatable bonds is 5. The predicted octanol–water partition coefficient (Wildman–Crippen LogP) is 2.90. The van der Waals surface area contributed by atoms with Gasteiger partial charge in [-0.2, -0.15) is 0 Å². The largest absolute Gasteiger partial charge is 0.492 e. The topological polar surface area (TPSA) is 64.3 Å². The zero-order valence-corrected chi connectivity index (χ0v) is 12.5. The van der Waals surface area contributed by atoms with Crippen molar-refractivity contribution >= 4 is 12.1 Å². The van der Waals surface area contributed by atoms with E-state index in [1.165, 1.54) is 11.1 Å². The Morgan fingerprint density at radius 3 is 2.38 bits per heavy atom. The Kier molecular flexibility index (Phi) is 7.43. The standard InChI is InChI=1S/C16H19NO.CH3NO/c1-13-6-8-16(9-7-13)18-11-10-17-15-5-3-4-14(2)12-15;2-1-3/h3-9,12,17H,10-11H2,1-2H3;1H,(H2,2,3). The third-order valence-electron chi connectivity index (χ3n) is 2.74. The molecule has 2 aromatic carbocycles. The SMILES string of the molecule is Cc1ccc(OCCNc2cccc(C)c2)cc1.NC=O. The lowest BCUT2D eigenvalue weighted by atomic mass is 10.2. The van der Waals surface area contributed by atoms with E-state index < -0.39 is 0 Å². The molecule has 112 valence electrons. The molecule has 0 bridgehead atoms. The van der Waals surface area contributed by atoms with Crippen molar-refractivity contribution in [3.63, 3.8) is 0 Å². The quantitative estimate of drug-likeness (QED) is 0.656. The van der Waals surface area contributed by atoms with Crippen molar-refractivity contribution in [2.45, 2.75) is 13.8 Å². The van der Waals surface area contributed by atoms with E-state index in [0.717, 1.165) is 18.0 Å². The highest BCUT2D eigenvalue weighted by molar-refractivity contribution is 5.45. The maximum Gasteiger partial charge on any atom is 0.204 e. The molecule has 0 aliphatic heterocycles. The van der Waals surface area contributed by atoms with Crippen molar-refractivity contribution in [2.75, 3.05) is 18.5 Å². The molecule has 4 nitrogen and oxygen atoms in total. The van der Waals surface area contributed by atoms with Crippen molar-refractivity contribution in [1.82, 2.24) is 0 Å². The first-order valence-electron chi connectivity index (χ1n) is 6.81. The second kappa shape index (κ2) is 9.42. The molecule has 0 atom stereocenters. The van der Waals surface area contributed by atoms with Crippen molar-refractivity contribution in [3.8, 4) is 5.75 Å². The van der Waals surface area contributed by atoms with Gasteiger partial charge in [0.25, 0.3) is 0 Å². The van der Waals surface area contributed by atoms with Gasteiger partial charge < -0.3 is 15.8 Å². The van der Waals surface area contributed by atoms with Crippen LogP contribution in [-0.4, -0.2) is 19.6 Å². The van der Waals surface area contributed by atoms with E-state index in [0.29, 0.717) is 6.61 Å². The van der Waals surface area contributed by atoms with E-state index in [1.54, 1.807) is 0 Å². The van der Waals surface area contributed by atoms with Crippen molar-refractivity contribution in [3.05, 3.63) is 59.7 Å². The van der Waals surface area contributed by atoms with Crippen molar-refractivity contribution < 1.29 is 9.53 Å². The monoisotopic (exact) mass is 286 g/mol. The number of amides is 1. The minimum atomic E-state index is 0.250. The predicted molar refractivity (Wildman–Crippen MR) is 86.6 cm³/mol. The Morgan fingerprint density at radius 2 is 1.76 bits per heavy atom. The van der Waals surface area contributed by atoms with Gasteiger partial charge in [0.05, 0.1) is 0 Å². The summed E-state index contributed by atoms with van der Waals surface area (Å²) in [5.41, 5.74) is 7.82. The molecule has 3 N–H and O–H groups in total. The van der Waals surface area contributed by atoms with Crippen LogP contribution in [0.4, 0.5) is 5.69 Å². The minimum Gasteiger partial charge on any atom is -0.492 e. The summed E-state index contributed by atoms with van der Waals surface area (Å²) in [6.07, 6.45) is 0.250.